The van der Waals surface area contributed by atoms with E-state index in [4.69, 9.17) is 5.73 Å². The van der Waals surface area contributed by atoms with Crippen molar-refractivity contribution in [2.45, 2.75) is 39.2 Å². The summed E-state index contributed by atoms with van der Waals surface area (Å²) in [5.41, 5.74) is 8.00. The van der Waals surface area contributed by atoms with Crippen LogP contribution in [0.3, 0.4) is 0 Å². The van der Waals surface area contributed by atoms with E-state index in [0.29, 0.717) is 0 Å². The van der Waals surface area contributed by atoms with E-state index in [1.807, 2.05) is 0 Å². The van der Waals surface area contributed by atoms with Crippen LogP contribution in [0.4, 0.5) is 5.69 Å². The molecule has 0 aliphatic rings. The van der Waals surface area contributed by atoms with Gasteiger partial charge in [-0.2, -0.15) is 0 Å². The summed E-state index contributed by atoms with van der Waals surface area (Å²) in [6.07, 6.45) is 4.50. The number of nitrogens with one attached hydrogen (secondary N) is 5. The second-order valence-corrected chi connectivity index (χ2v) is 6.58. The van der Waals surface area contributed by atoms with Crippen LogP contribution in [0.2, 0.25) is 0 Å². The van der Waals surface area contributed by atoms with Gasteiger partial charge in [0.05, 0.1) is 0 Å². The van der Waals surface area contributed by atoms with Crippen LogP contribution >= 0.6 is 0 Å². The van der Waals surface area contributed by atoms with Crippen LogP contribution in [-0.4, -0.2) is 52.5 Å². The molecule has 26 heavy (non-hydrogen) atoms. The first-order valence-corrected chi connectivity index (χ1v) is 10.2. The standard InChI is InChI=1S/C20H40N6/c1-2-10-24-18-25-14-6-15-26-20-8-3-7-19(16-20)17-23-13-5-12-22-11-4-9-21/h3,7-8,16,22-26H,2,4-6,9-15,17-18,21H2,1H3. The summed E-state index contributed by atoms with van der Waals surface area (Å²) in [6.45, 7) is 11.0. The first-order chi connectivity index (χ1) is 12.9. The zero-order valence-electron chi connectivity index (χ0n) is 16.6. The van der Waals surface area contributed by atoms with E-state index in [9.17, 15) is 0 Å². The van der Waals surface area contributed by atoms with Gasteiger partial charge in [0, 0.05) is 25.4 Å². The second kappa shape index (κ2) is 17.2. The van der Waals surface area contributed by atoms with Crippen molar-refractivity contribution in [3.63, 3.8) is 0 Å². The lowest BCUT2D eigenvalue weighted by atomic mass is 10.2. The zero-order chi connectivity index (χ0) is 18.7. The maximum atomic E-state index is 5.47. The van der Waals surface area contributed by atoms with Gasteiger partial charge >= 0.3 is 0 Å². The highest BCUT2D eigenvalue weighted by molar-refractivity contribution is 5.45. The summed E-state index contributed by atoms with van der Waals surface area (Å²) in [5, 5.41) is 17.2. The third-order valence-corrected chi connectivity index (χ3v) is 4.06. The lowest BCUT2D eigenvalue weighted by Crippen LogP contribution is -2.30. The van der Waals surface area contributed by atoms with Gasteiger partial charge in [0.2, 0.25) is 0 Å². The Morgan fingerprint density at radius 1 is 0.808 bits per heavy atom. The predicted molar refractivity (Wildman–Crippen MR) is 114 cm³/mol. The average molecular weight is 365 g/mol. The van der Waals surface area contributed by atoms with Crippen LogP contribution in [-0.2, 0) is 6.54 Å². The Morgan fingerprint density at radius 2 is 1.54 bits per heavy atom. The fourth-order valence-corrected chi connectivity index (χ4v) is 2.60. The molecule has 0 saturated heterocycles. The molecule has 0 amide bonds. The number of rotatable bonds is 18. The highest BCUT2D eigenvalue weighted by atomic mass is 15.0. The largest absolute Gasteiger partial charge is 0.385 e. The summed E-state index contributed by atoms with van der Waals surface area (Å²) in [6, 6.07) is 8.68. The molecule has 0 atom stereocenters. The van der Waals surface area contributed by atoms with Gasteiger partial charge in [0.1, 0.15) is 0 Å². The molecule has 0 aliphatic carbocycles. The monoisotopic (exact) mass is 364 g/mol. The number of hydrogen-bond acceptors (Lipinski definition) is 6. The van der Waals surface area contributed by atoms with Crippen LogP contribution in [0.1, 0.15) is 38.2 Å². The minimum Gasteiger partial charge on any atom is -0.385 e. The van der Waals surface area contributed by atoms with E-state index in [1.54, 1.807) is 0 Å². The fraction of sp³-hybridized carbons (Fsp3) is 0.700. The normalized spacial score (nSPS) is 11.0. The molecule has 6 heteroatoms. The van der Waals surface area contributed by atoms with Crippen molar-refractivity contribution in [2.24, 2.45) is 5.73 Å². The molecule has 0 radical (unpaired) electrons. The Balaban J connectivity index is 2.03. The SMILES string of the molecule is CCCNCNCCCNc1cccc(CNCCCNCCCN)c1. The fourth-order valence-electron chi connectivity index (χ4n) is 2.60. The van der Waals surface area contributed by atoms with Crippen molar-refractivity contribution < 1.29 is 0 Å². The molecule has 7 N–H and O–H groups in total. The topological polar surface area (TPSA) is 86.2 Å². The molecule has 0 spiro atoms. The van der Waals surface area contributed by atoms with Gasteiger partial charge in [-0.3, -0.25) is 0 Å². The maximum Gasteiger partial charge on any atom is 0.0454 e. The summed E-state index contributed by atoms with van der Waals surface area (Å²) in [5.74, 6) is 0. The molecule has 1 rings (SSSR count). The van der Waals surface area contributed by atoms with Crippen LogP contribution in [0.5, 0.6) is 0 Å². The Bertz CT molecular complexity index is 391. The molecular formula is C20H40N6. The number of benzene rings is 1. The van der Waals surface area contributed by atoms with Gasteiger partial charge in [-0.1, -0.05) is 19.1 Å². The molecule has 0 aromatic heterocycles. The Morgan fingerprint density at radius 3 is 2.38 bits per heavy atom. The van der Waals surface area contributed by atoms with E-state index < -0.39 is 0 Å². The van der Waals surface area contributed by atoms with Crippen molar-refractivity contribution in [1.82, 2.24) is 21.3 Å². The molecule has 150 valence electrons. The van der Waals surface area contributed by atoms with Gasteiger partial charge in [-0.15, -0.1) is 0 Å². The van der Waals surface area contributed by atoms with Gasteiger partial charge in [0.15, 0.2) is 0 Å². The summed E-state index contributed by atoms with van der Waals surface area (Å²) >= 11 is 0. The van der Waals surface area contributed by atoms with Crippen LogP contribution in [0, 0.1) is 0 Å². The zero-order valence-corrected chi connectivity index (χ0v) is 16.6. The third kappa shape index (κ3) is 13.1. The van der Waals surface area contributed by atoms with Crippen LogP contribution in [0.25, 0.3) is 0 Å². The molecule has 1 aromatic rings. The lowest BCUT2D eigenvalue weighted by molar-refractivity contribution is 0.571. The first kappa shape index (κ1) is 22.9. The van der Waals surface area contributed by atoms with Gasteiger partial charge in [-0.25, -0.2) is 0 Å². The third-order valence-electron chi connectivity index (χ3n) is 4.06. The highest BCUT2D eigenvalue weighted by Gasteiger charge is 1.96. The van der Waals surface area contributed by atoms with Crippen LogP contribution < -0.4 is 32.3 Å². The Labute approximate surface area is 160 Å². The summed E-state index contributed by atoms with van der Waals surface area (Å²) in [4.78, 5) is 0. The number of anilines is 1. The molecule has 0 fully saturated rings. The van der Waals surface area contributed by atoms with Crippen molar-refractivity contribution >= 4 is 5.69 Å². The van der Waals surface area contributed by atoms with Crippen molar-refractivity contribution in [3.8, 4) is 0 Å². The molecule has 0 saturated carbocycles. The van der Waals surface area contributed by atoms with Crippen molar-refractivity contribution in [2.75, 3.05) is 57.8 Å². The van der Waals surface area contributed by atoms with E-state index >= 15 is 0 Å². The quantitative estimate of drug-likeness (QED) is 0.175. The molecule has 0 unspecified atom stereocenters. The predicted octanol–water partition coefficient (Wildman–Crippen LogP) is 1.45. The summed E-state index contributed by atoms with van der Waals surface area (Å²) in [7, 11) is 0. The molecule has 0 aliphatic heterocycles. The van der Waals surface area contributed by atoms with E-state index in [0.717, 1.165) is 78.3 Å². The summed E-state index contributed by atoms with van der Waals surface area (Å²) < 4.78 is 0. The van der Waals surface area contributed by atoms with Gasteiger partial charge in [-0.05, 0) is 82.6 Å². The molecule has 1 aromatic carbocycles. The van der Waals surface area contributed by atoms with Gasteiger partial charge < -0.3 is 32.3 Å². The molecule has 0 heterocycles. The molecule has 0 bridgehead atoms. The Kier molecular flexibility index (Phi) is 15.2. The lowest BCUT2D eigenvalue weighted by Gasteiger charge is -2.10. The van der Waals surface area contributed by atoms with E-state index in [2.05, 4.69) is 57.8 Å². The number of hydrogen-bond donors (Lipinski definition) is 6. The second-order valence-electron chi connectivity index (χ2n) is 6.58. The highest BCUT2D eigenvalue weighted by Crippen LogP contribution is 2.10. The minimum atomic E-state index is 0.766. The first-order valence-electron chi connectivity index (χ1n) is 10.2. The Hall–Kier alpha value is -1.18. The molecular weight excluding hydrogens is 324 g/mol. The minimum absolute atomic E-state index is 0.766. The van der Waals surface area contributed by atoms with E-state index in [-0.39, 0.29) is 0 Å². The van der Waals surface area contributed by atoms with E-state index in [1.165, 1.54) is 17.7 Å². The van der Waals surface area contributed by atoms with Crippen LogP contribution in [0.15, 0.2) is 24.3 Å². The number of nitrogens with two attached hydrogens (primary N) is 1. The van der Waals surface area contributed by atoms with Crippen molar-refractivity contribution in [3.05, 3.63) is 29.8 Å². The molecule has 6 nitrogen and oxygen atoms in total. The maximum absolute atomic E-state index is 5.47. The smallest absolute Gasteiger partial charge is 0.0454 e. The van der Waals surface area contributed by atoms with Crippen molar-refractivity contribution in [1.29, 1.82) is 0 Å². The van der Waals surface area contributed by atoms with Gasteiger partial charge in [0.25, 0.3) is 0 Å². The average Bonchev–Trinajstić information content (AvgIpc) is 2.66.